The van der Waals surface area contributed by atoms with E-state index in [4.69, 9.17) is 0 Å². The lowest BCUT2D eigenvalue weighted by molar-refractivity contribution is -0.121. The molecule has 2 saturated carbocycles. The smallest absolute Gasteiger partial charge is 0.220 e. The number of hydrogen-bond acceptors (Lipinski definition) is 2. The largest absolute Gasteiger partial charge is 0.353 e. The minimum atomic E-state index is 0.240. The second-order valence-electron chi connectivity index (χ2n) is 6.09. The van der Waals surface area contributed by atoms with E-state index in [0.29, 0.717) is 18.5 Å². The molecule has 0 aromatic heterocycles. The molecule has 2 aliphatic carbocycles. The quantitative estimate of drug-likeness (QED) is 0.684. The van der Waals surface area contributed by atoms with Gasteiger partial charge < -0.3 is 10.6 Å². The summed E-state index contributed by atoms with van der Waals surface area (Å²) in [5, 5.41) is 6.64. The Bertz CT molecular complexity index is 257. The molecule has 0 aromatic rings. The molecule has 0 bridgehead atoms. The van der Waals surface area contributed by atoms with Crippen LogP contribution in [0.25, 0.3) is 0 Å². The van der Waals surface area contributed by atoms with Crippen molar-refractivity contribution in [2.75, 3.05) is 6.54 Å². The van der Waals surface area contributed by atoms with E-state index in [9.17, 15) is 4.79 Å². The summed E-state index contributed by atoms with van der Waals surface area (Å²) >= 11 is 0. The van der Waals surface area contributed by atoms with Gasteiger partial charge in [0.2, 0.25) is 5.91 Å². The van der Waals surface area contributed by atoms with Gasteiger partial charge in [0.15, 0.2) is 0 Å². The second kappa shape index (κ2) is 7.13. The number of carbonyl (C=O) groups is 1. The third kappa shape index (κ3) is 4.97. The third-order valence-corrected chi connectivity index (χ3v) is 4.35. The highest BCUT2D eigenvalue weighted by Gasteiger charge is 2.23. The Morgan fingerprint density at radius 1 is 1.17 bits per heavy atom. The van der Waals surface area contributed by atoms with Gasteiger partial charge >= 0.3 is 0 Å². The molecular weight excluding hydrogens is 224 g/mol. The van der Waals surface area contributed by atoms with Crippen LogP contribution in [0, 0.1) is 5.92 Å². The fourth-order valence-corrected chi connectivity index (χ4v) is 2.91. The summed E-state index contributed by atoms with van der Waals surface area (Å²) in [6, 6.07) is 1.13. The molecule has 0 spiro atoms. The fraction of sp³-hybridized carbons (Fsp3) is 0.933. The summed E-state index contributed by atoms with van der Waals surface area (Å²) in [5.74, 6) is 1.10. The number of amides is 1. The standard InChI is InChI=1S/C15H28N2O/c1-12(13-6-3-2-4-7-13)16-11-5-8-15(18)17-14-9-10-14/h12-14,16H,2-11H2,1H3,(H,17,18). The van der Waals surface area contributed by atoms with Crippen LogP contribution in [0.1, 0.15) is 64.7 Å². The minimum Gasteiger partial charge on any atom is -0.353 e. The Morgan fingerprint density at radius 2 is 1.89 bits per heavy atom. The van der Waals surface area contributed by atoms with Gasteiger partial charge in [-0.1, -0.05) is 19.3 Å². The van der Waals surface area contributed by atoms with E-state index in [0.717, 1.165) is 18.9 Å². The van der Waals surface area contributed by atoms with Crippen molar-refractivity contribution in [1.82, 2.24) is 10.6 Å². The molecule has 1 atom stereocenters. The molecule has 2 rings (SSSR count). The molecular formula is C15H28N2O. The molecule has 3 nitrogen and oxygen atoms in total. The van der Waals surface area contributed by atoms with Gasteiger partial charge in [-0.25, -0.2) is 0 Å². The van der Waals surface area contributed by atoms with Crippen molar-refractivity contribution in [2.45, 2.75) is 76.8 Å². The van der Waals surface area contributed by atoms with Crippen LogP contribution in [-0.4, -0.2) is 24.5 Å². The van der Waals surface area contributed by atoms with Gasteiger partial charge in [0, 0.05) is 18.5 Å². The molecule has 0 radical (unpaired) electrons. The Hall–Kier alpha value is -0.570. The van der Waals surface area contributed by atoms with Crippen molar-refractivity contribution in [2.24, 2.45) is 5.92 Å². The fourth-order valence-electron chi connectivity index (χ4n) is 2.91. The van der Waals surface area contributed by atoms with Crippen molar-refractivity contribution in [3.8, 4) is 0 Å². The van der Waals surface area contributed by atoms with Gasteiger partial charge in [-0.3, -0.25) is 4.79 Å². The Kier molecular flexibility index (Phi) is 5.48. The normalized spacial score (nSPS) is 22.7. The van der Waals surface area contributed by atoms with E-state index < -0.39 is 0 Å². The van der Waals surface area contributed by atoms with Crippen LogP contribution >= 0.6 is 0 Å². The van der Waals surface area contributed by atoms with Crippen LogP contribution in [0.2, 0.25) is 0 Å². The van der Waals surface area contributed by atoms with Crippen molar-refractivity contribution < 1.29 is 4.79 Å². The van der Waals surface area contributed by atoms with Crippen molar-refractivity contribution in [3.63, 3.8) is 0 Å². The number of carbonyl (C=O) groups excluding carboxylic acids is 1. The zero-order chi connectivity index (χ0) is 12.8. The van der Waals surface area contributed by atoms with Crippen molar-refractivity contribution in [3.05, 3.63) is 0 Å². The number of rotatable bonds is 7. The Labute approximate surface area is 111 Å². The lowest BCUT2D eigenvalue weighted by Gasteiger charge is -2.28. The summed E-state index contributed by atoms with van der Waals surface area (Å²) in [5.41, 5.74) is 0. The molecule has 2 aliphatic rings. The van der Waals surface area contributed by atoms with Gasteiger partial charge in [-0.2, -0.15) is 0 Å². The first kappa shape index (κ1) is 13.9. The van der Waals surface area contributed by atoms with Gasteiger partial charge in [0.25, 0.3) is 0 Å². The monoisotopic (exact) mass is 252 g/mol. The molecule has 0 saturated heterocycles. The van der Waals surface area contributed by atoms with Crippen LogP contribution in [0.4, 0.5) is 0 Å². The Balaban J connectivity index is 1.49. The van der Waals surface area contributed by atoms with E-state index in [1.54, 1.807) is 0 Å². The summed E-state index contributed by atoms with van der Waals surface area (Å²) < 4.78 is 0. The van der Waals surface area contributed by atoms with E-state index in [1.807, 2.05) is 0 Å². The molecule has 0 aliphatic heterocycles. The van der Waals surface area contributed by atoms with E-state index in [-0.39, 0.29) is 5.91 Å². The maximum absolute atomic E-state index is 11.5. The minimum absolute atomic E-state index is 0.240. The van der Waals surface area contributed by atoms with Gasteiger partial charge in [0.05, 0.1) is 0 Å². The number of nitrogens with one attached hydrogen (secondary N) is 2. The van der Waals surface area contributed by atoms with Crippen LogP contribution in [0.5, 0.6) is 0 Å². The van der Waals surface area contributed by atoms with E-state index >= 15 is 0 Å². The molecule has 3 heteroatoms. The summed E-state index contributed by atoms with van der Waals surface area (Å²) in [4.78, 5) is 11.5. The van der Waals surface area contributed by atoms with Crippen molar-refractivity contribution >= 4 is 5.91 Å². The van der Waals surface area contributed by atoms with Crippen LogP contribution in [-0.2, 0) is 4.79 Å². The summed E-state index contributed by atoms with van der Waals surface area (Å²) in [6.07, 6.45) is 11.0. The van der Waals surface area contributed by atoms with E-state index in [1.165, 1.54) is 44.9 Å². The molecule has 104 valence electrons. The van der Waals surface area contributed by atoms with Crippen molar-refractivity contribution in [1.29, 1.82) is 0 Å². The lowest BCUT2D eigenvalue weighted by atomic mass is 9.84. The average Bonchev–Trinajstić information content (AvgIpc) is 3.19. The molecule has 0 aromatic carbocycles. The first-order chi connectivity index (χ1) is 8.75. The predicted octanol–water partition coefficient (Wildman–Crippen LogP) is 2.60. The number of hydrogen-bond donors (Lipinski definition) is 2. The first-order valence-electron chi connectivity index (χ1n) is 7.78. The van der Waals surface area contributed by atoms with Gasteiger partial charge in [-0.15, -0.1) is 0 Å². The molecule has 1 amide bonds. The molecule has 2 N–H and O–H groups in total. The molecule has 1 unspecified atom stereocenters. The first-order valence-corrected chi connectivity index (χ1v) is 7.78. The SMILES string of the molecule is CC(NCCCC(=O)NC1CC1)C1CCCCC1. The second-order valence-corrected chi connectivity index (χ2v) is 6.09. The predicted molar refractivity (Wildman–Crippen MR) is 74.4 cm³/mol. The molecule has 2 fully saturated rings. The van der Waals surface area contributed by atoms with Gasteiger partial charge in [-0.05, 0) is 51.5 Å². The average molecular weight is 252 g/mol. The highest BCUT2D eigenvalue weighted by Crippen LogP contribution is 2.26. The maximum atomic E-state index is 11.5. The van der Waals surface area contributed by atoms with Crippen LogP contribution in [0.15, 0.2) is 0 Å². The zero-order valence-electron chi connectivity index (χ0n) is 11.7. The Morgan fingerprint density at radius 3 is 2.56 bits per heavy atom. The summed E-state index contributed by atoms with van der Waals surface area (Å²) in [7, 11) is 0. The maximum Gasteiger partial charge on any atom is 0.220 e. The van der Waals surface area contributed by atoms with Gasteiger partial charge in [0.1, 0.15) is 0 Å². The highest BCUT2D eigenvalue weighted by molar-refractivity contribution is 5.76. The highest BCUT2D eigenvalue weighted by atomic mass is 16.1. The lowest BCUT2D eigenvalue weighted by Crippen LogP contribution is -2.35. The van der Waals surface area contributed by atoms with Crippen LogP contribution < -0.4 is 10.6 Å². The molecule has 0 heterocycles. The topological polar surface area (TPSA) is 41.1 Å². The summed E-state index contributed by atoms with van der Waals surface area (Å²) in [6.45, 7) is 3.29. The zero-order valence-corrected chi connectivity index (χ0v) is 11.7. The molecule has 18 heavy (non-hydrogen) atoms. The van der Waals surface area contributed by atoms with E-state index in [2.05, 4.69) is 17.6 Å². The third-order valence-electron chi connectivity index (χ3n) is 4.35. The van der Waals surface area contributed by atoms with Crippen LogP contribution in [0.3, 0.4) is 0 Å².